The molecule has 0 aromatic heterocycles. The van der Waals surface area contributed by atoms with Crippen LogP contribution in [-0.4, -0.2) is 34.6 Å². The SMILES string of the molecule is CCCC1(CCC)CN(C(C)(C)C(C)(C)C(=O)O)C1. The normalized spacial score (nSPS) is 20.1. The quantitative estimate of drug-likeness (QED) is 0.764. The molecule has 19 heavy (non-hydrogen) atoms. The Hall–Kier alpha value is -0.570. The van der Waals surface area contributed by atoms with E-state index in [4.69, 9.17) is 0 Å². The van der Waals surface area contributed by atoms with Crippen LogP contribution in [0.3, 0.4) is 0 Å². The minimum atomic E-state index is -0.725. The maximum Gasteiger partial charge on any atom is 0.310 e. The third kappa shape index (κ3) is 2.81. The monoisotopic (exact) mass is 269 g/mol. The Balaban J connectivity index is 2.78. The zero-order valence-corrected chi connectivity index (χ0v) is 13.5. The van der Waals surface area contributed by atoms with E-state index in [0.717, 1.165) is 13.1 Å². The van der Waals surface area contributed by atoms with Gasteiger partial charge in [0.25, 0.3) is 0 Å². The molecule has 0 bridgehead atoms. The Morgan fingerprint density at radius 2 is 1.53 bits per heavy atom. The Kier molecular flexibility index (Phi) is 4.71. The molecule has 1 aliphatic rings. The third-order valence-electron chi connectivity index (χ3n) is 5.47. The second-order valence-electron chi connectivity index (χ2n) is 7.35. The number of rotatable bonds is 7. The summed E-state index contributed by atoms with van der Waals surface area (Å²) in [4.78, 5) is 13.9. The van der Waals surface area contributed by atoms with Gasteiger partial charge in [0.1, 0.15) is 0 Å². The topological polar surface area (TPSA) is 40.5 Å². The molecule has 0 saturated carbocycles. The maximum atomic E-state index is 11.5. The van der Waals surface area contributed by atoms with Crippen LogP contribution >= 0.6 is 0 Å². The van der Waals surface area contributed by atoms with E-state index in [1.54, 1.807) is 0 Å². The van der Waals surface area contributed by atoms with Gasteiger partial charge in [-0.15, -0.1) is 0 Å². The number of hydrogen-bond acceptors (Lipinski definition) is 2. The molecule has 112 valence electrons. The van der Waals surface area contributed by atoms with Crippen molar-refractivity contribution in [2.24, 2.45) is 10.8 Å². The molecule has 1 heterocycles. The molecule has 1 aliphatic heterocycles. The van der Waals surface area contributed by atoms with Gasteiger partial charge < -0.3 is 5.11 Å². The summed E-state index contributed by atoms with van der Waals surface area (Å²) in [5, 5.41) is 9.46. The second kappa shape index (κ2) is 5.43. The van der Waals surface area contributed by atoms with Gasteiger partial charge in [-0.1, -0.05) is 26.7 Å². The molecular formula is C16H31NO2. The minimum absolute atomic E-state index is 0.302. The Labute approximate surface area is 118 Å². The number of likely N-dealkylation sites (tertiary alicyclic amines) is 1. The number of carbonyl (C=O) groups is 1. The van der Waals surface area contributed by atoms with Gasteiger partial charge in [-0.05, 0) is 46.0 Å². The van der Waals surface area contributed by atoms with Crippen molar-refractivity contribution in [3.8, 4) is 0 Å². The molecule has 1 N–H and O–H groups in total. The highest BCUT2D eigenvalue weighted by atomic mass is 16.4. The average molecular weight is 269 g/mol. The molecule has 0 atom stereocenters. The first-order chi connectivity index (χ1) is 8.63. The van der Waals surface area contributed by atoms with Crippen LogP contribution in [0.1, 0.15) is 67.2 Å². The zero-order valence-electron chi connectivity index (χ0n) is 13.5. The zero-order chi connectivity index (χ0) is 14.9. The lowest BCUT2D eigenvalue weighted by Gasteiger charge is -2.60. The van der Waals surface area contributed by atoms with Crippen molar-refractivity contribution in [1.82, 2.24) is 4.90 Å². The van der Waals surface area contributed by atoms with E-state index in [2.05, 4.69) is 32.6 Å². The van der Waals surface area contributed by atoms with Crippen molar-refractivity contribution in [2.75, 3.05) is 13.1 Å². The largest absolute Gasteiger partial charge is 0.481 e. The second-order valence-corrected chi connectivity index (χ2v) is 7.35. The fourth-order valence-corrected chi connectivity index (χ4v) is 3.32. The van der Waals surface area contributed by atoms with Crippen LogP contribution in [0.4, 0.5) is 0 Å². The van der Waals surface area contributed by atoms with E-state index < -0.39 is 11.4 Å². The van der Waals surface area contributed by atoms with Crippen molar-refractivity contribution in [3.63, 3.8) is 0 Å². The van der Waals surface area contributed by atoms with Crippen LogP contribution in [0.5, 0.6) is 0 Å². The molecule has 3 heteroatoms. The van der Waals surface area contributed by atoms with Gasteiger partial charge in [0.2, 0.25) is 0 Å². The molecule has 0 spiro atoms. The van der Waals surface area contributed by atoms with E-state index in [9.17, 15) is 9.90 Å². The molecule has 0 aromatic rings. The Bertz CT molecular complexity index is 320. The van der Waals surface area contributed by atoms with E-state index >= 15 is 0 Å². The lowest BCUT2D eigenvalue weighted by molar-refractivity contribution is -0.167. The third-order valence-corrected chi connectivity index (χ3v) is 5.47. The molecule has 0 unspecified atom stereocenters. The van der Waals surface area contributed by atoms with Crippen molar-refractivity contribution in [1.29, 1.82) is 0 Å². The summed E-state index contributed by atoms with van der Waals surface area (Å²) in [6.07, 6.45) is 4.97. The average Bonchev–Trinajstić information content (AvgIpc) is 2.24. The van der Waals surface area contributed by atoms with Crippen LogP contribution in [-0.2, 0) is 4.79 Å². The molecule has 0 aromatic carbocycles. The number of carboxylic acids is 1. The molecule has 0 aliphatic carbocycles. The highest BCUT2D eigenvalue weighted by molar-refractivity contribution is 5.75. The summed E-state index contributed by atoms with van der Waals surface area (Å²) < 4.78 is 0. The number of nitrogens with zero attached hydrogens (tertiary/aromatic N) is 1. The smallest absolute Gasteiger partial charge is 0.310 e. The molecule has 3 nitrogen and oxygen atoms in total. The van der Waals surface area contributed by atoms with E-state index in [1.807, 2.05) is 13.8 Å². The summed E-state index contributed by atoms with van der Waals surface area (Å²) in [6, 6.07) is 0. The summed E-state index contributed by atoms with van der Waals surface area (Å²) in [6.45, 7) is 14.4. The highest BCUT2D eigenvalue weighted by Crippen LogP contribution is 2.47. The lowest BCUT2D eigenvalue weighted by atomic mass is 9.65. The van der Waals surface area contributed by atoms with Gasteiger partial charge in [0.05, 0.1) is 5.41 Å². The van der Waals surface area contributed by atoms with Crippen LogP contribution in [0.15, 0.2) is 0 Å². The van der Waals surface area contributed by atoms with Crippen LogP contribution in [0.2, 0.25) is 0 Å². The number of carboxylic acid groups (broad SMARTS) is 1. The van der Waals surface area contributed by atoms with Crippen molar-refractivity contribution in [2.45, 2.75) is 72.8 Å². The molecule has 0 amide bonds. The predicted octanol–water partition coefficient (Wildman–Crippen LogP) is 3.78. The number of aliphatic carboxylic acids is 1. The summed E-state index contributed by atoms with van der Waals surface area (Å²) >= 11 is 0. The predicted molar refractivity (Wildman–Crippen MR) is 79.3 cm³/mol. The molecular weight excluding hydrogens is 238 g/mol. The Morgan fingerprint density at radius 1 is 1.11 bits per heavy atom. The van der Waals surface area contributed by atoms with Gasteiger partial charge in [0, 0.05) is 18.6 Å². The van der Waals surface area contributed by atoms with Crippen LogP contribution in [0, 0.1) is 10.8 Å². The van der Waals surface area contributed by atoms with Crippen molar-refractivity contribution < 1.29 is 9.90 Å². The van der Waals surface area contributed by atoms with Crippen molar-refractivity contribution in [3.05, 3.63) is 0 Å². The Morgan fingerprint density at radius 3 is 1.84 bits per heavy atom. The van der Waals surface area contributed by atoms with Crippen molar-refractivity contribution >= 4 is 5.97 Å². The van der Waals surface area contributed by atoms with Crippen LogP contribution < -0.4 is 0 Å². The standard InChI is InChI=1S/C16H31NO2/c1-7-9-16(10-8-2)11-17(12-16)15(5,6)14(3,4)13(18)19/h7-12H2,1-6H3,(H,18,19). The molecule has 1 fully saturated rings. The van der Waals surface area contributed by atoms with Gasteiger partial charge in [0.15, 0.2) is 0 Å². The van der Waals surface area contributed by atoms with Gasteiger partial charge in [-0.25, -0.2) is 0 Å². The number of hydrogen-bond donors (Lipinski definition) is 1. The van der Waals surface area contributed by atoms with E-state index in [1.165, 1.54) is 25.7 Å². The van der Waals surface area contributed by atoms with Gasteiger partial charge in [-0.3, -0.25) is 9.69 Å². The fraction of sp³-hybridized carbons (Fsp3) is 0.938. The van der Waals surface area contributed by atoms with Gasteiger partial charge >= 0.3 is 5.97 Å². The van der Waals surface area contributed by atoms with Gasteiger partial charge in [-0.2, -0.15) is 0 Å². The summed E-state index contributed by atoms with van der Waals surface area (Å²) in [7, 11) is 0. The van der Waals surface area contributed by atoms with Crippen LogP contribution in [0.25, 0.3) is 0 Å². The molecule has 0 radical (unpaired) electrons. The van der Waals surface area contributed by atoms with E-state index in [0.29, 0.717) is 5.41 Å². The first-order valence-electron chi connectivity index (χ1n) is 7.61. The summed E-state index contributed by atoms with van der Waals surface area (Å²) in [5.74, 6) is -0.707. The lowest BCUT2D eigenvalue weighted by Crippen LogP contribution is -2.68. The molecule has 1 rings (SSSR count). The first kappa shape index (κ1) is 16.5. The summed E-state index contributed by atoms with van der Waals surface area (Å²) in [5.41, 5.74) is -0.587. The van der Waals surface area contributed by atoms with E-state index in [-0.39, 0.29) is 5.54 Å². The maximum absolute atomic E-state index is 11.5. The highest BCUT2D eigenvalue weighted by Gasteiger charge is 2.54. The molecule has 1 saturated heterocycles. The fourth-order valence-electron chi connectivity index (χ4n) is 3.32. The first-order valence-corrected chi connectivity index (χ1v) is 7.61. The minimum Gasteiger partial charge on any atom is -0.481 e.